The van der Waals surface area contributed by atoms with Crippen molar-refractivity contribution in [3.05, 3.63) is 28.3 Å². The normalized spacial score (nSPS) is 21.7. The van der Waals surface area contributed by atoms with E-state index in [1.54, 1.807) is 12.1 Å². The molecule has 2 rings (SSSR count). The number of rotatable bonds is 6. The first kappa shape index (κ1) is 14.6. The number of nitro groups is 1. The molecule has 0 saturated heterocycles. The average Bonchev–Trinajstić information content (AvgIpc) is 2.87. The van der Waals surface area contributed by atoms with Gasteiger partial charge >= 0.3 is 0 Å². The van der Waals surface area contributed by atoms with E-state index in [1.807, 2.05) is 6.92 Å². The first-order valence-electron chi connectivity index (χ1n) is 7.33. The van der Waals surface area contributed by atoms with E-state index < -0.39 is 0 Å². The van der Waals surface area contributed by atoms with Gasteiger partial charge in [0.1, 0.15) is 11.4 Å². The number of nitrogens with one attached hydrogen (secondary N) is 1. The van der Waals surface area contributed by atoms with Gasteiger partial charge in [-0.1, -0.05) is 19.8 Å². The molecule has 2 atom stereocenters. The smallest absolute Gasteiger partial charge is 0.296 e. The Morgan fingerprint density at radius 1 is 1.40 bits per heavy atom. The predicted octanol–water partition coefficient (Wildman–Crippen LogP) is 3.98. The van der Waals surface area contributed by atoms with Crippen molar-refractivity contribution in [1.29, 1.82) is 0 Å². The summed E-state index contributed by atoms with van der Waals surface area (Å²) in [6.07, 6.45) is 4.60. The average molecular weight is 278 g/mol. The minimum atomic E-state index is -0.346. The summed E-state index contributed by atoms with van der Waals surface area (Å²) in [7, 11) is 0. The molecular weight excluding hydrogens is 256 g/mol. The van der Waals surface area contributed by atoms with Crippen LogP contribution in [0.25, 0.3) is 0 Å². The molecule has 20 heavy (non-hydrogen) atoms. The van der Waals surface area contributed by atoms with Crippen molar-refractivity contribution in [2.45, 2.75) is 45.6 Å². The van der Waals surface area contributed by atoms with Crippen LogP contribution in [0.1, 0.15) is 39.5 Å². The van der Waals surface area contributed by atoms with Crippen molar-refractivity contribution in [2.75, 3.05) is 11.9 Å². The Balaban J connectivity index is 2.20. The highest BCUT2D eigenvalue weighted by Crippen LogP contribution is 2.35. The van der Waals surface area contributed by atoms with Crippen molar-refractivity contribution >= 4 is 11.4 Å². The first-order chi connectivity index (χ1) is 9.65. The van der Waals surface area contributed by atoms with E-state index in [9.17, 15) is 10.1 Å². The fourth-order valence-electron chi connectivity index (χ4n) is 2.96. The standard InChI is InChI=1S/C15H22N2O3/c1-3-11-6-5-7-13(11)16-14-9-8-12(20-4-2)10-15(14)17(18)19/h8-11,13,16H,3-7H2,1-2H3. The molecule has 5 heteroatoms. The maximum atomic E-state index is 11.2. The molecule has 110 valence electrons. The van der Waals surface area contributed by atoms with Crippen LogP contribution in [0.3, 0.4) is 0 Å². The van der Waals surface area contributed by atoms with Crippen LogP contribution >= 0.6 is 0 Å². The van der Waals surface area contributed by atoms with Crippen molar-refractivity contribution < 1.29 is 9.66 Å². The Labute approximate surface area is 119 Å². The molecule has 0 heterocycles. The highest BCUT2D eigenvalue weighted by molar-refractivity contribution is 5.64. The van der Waals surface area contributed by atoms with Crippen LogP contribution in [0.5, 0.6) is 5.75 Å². The van der Waals surface area contributed by atoms with Crippen LogP contribution in [0, 0.1) is 16.0 Å². The molecule has 1 aliphatic carbocycles. The molecule has 1 fully saturated rings. The van der Waals surface area contributed by atoms with Gasteiger partial charge in [-0.05, 0) is 37.8 Å². The van der Waals surface area contributed by atoms with E-state index in [4.69, 9.17) is 4.74 Å². The quantitative estimate of drug-likeness (QED) is 0.631. The van der Waals surface area contributed by atoms with E-state index in [-0.39, 0.29) is 10.6 Å². The van der Waals surface area contributed by atoms with E-state index >= 15 is 0 Å². The Morgan fingerprint density at radius 2 is 2.20 bits per heavy atom. The zero-order valence-corrected chi connectivity index (χ0v) is 12.1. The third-order valence-corrected chi connectivity index (χ3v) is 4.00. The lowest BCUT2D eigenvalue weighted by Gasteiger charge is -2.21. The predicted molar refractivity (Wildman–Crippen MR) is 79.3 cm³/mol. The number of anilines is 1. The van der Waals surface area contributed by atoms with Gasteiger partial charge < -0.3 is 10.1 Å². The summed E-state index contributed by atoms with van der Waals surface area (Å²) < 4.78 is 5.33. The van der Waals surface area contributed by atoms with Crippen LogP contribution in [0.15, 0.2) is 18.2 Å². The molecule has 0 amide bonds. The molecule has 1 N–H and O–H groups in total. The summed E-state index contributed by atoms with van der Waals surface area (Å²) >= 11 is 0. The van der Waals surface area contributed by atoms with E-state index in [0.717, 1.165) is 12.8 Å². The molecule has 1 aromatic rings. The number of ether oxygens (including phenoxy) is 1. The molecular formula is C15H22N2O3. The van der Waals surface area contributed by atoms with Crippen molar-refractivity contribution in [3.63, 3.8) is 0 Å². The number of nitro benzene ring substituents is 1. The molecule has 0 bridgehead atoms. The highest BCUT2D eigenvalue weighted by Gasteiger charge is 2.27. The zero-order valence-electron chi connectivity index (χ0n) is 12.1. The summed E-state index contributed by atoms with van der Waals surface area (Å²) in [6.45, 7) is 4.55. The second-order valence-electron chi connectivity index (χ2n) is 5.22. The van der Waals surface area contributed by atoms with Crippen molar-refractivity contribution in [2.24, 2.45) is 5.92 Å². The molecule has 1 aromatic carbocycles. The Hall–Kier alpha value is -1.78. The topological polar surface area (TPSA) is 64.4 Å². The fraction of sp³-hybridized carbons (Fsp3) is 0.600. The molecule has 5 nitrogen and oxygen atoms in total. The minimum absolute atomic E-state index is 0.0951. The Bertz CT molecular complexity index is 476. The number of hydrogen-bond donors (Lipinski definition) is 1. The van der Waals surface area contributed by atoms with E-state index in [0.29, 0.717) is 30.0 Å². The van der Waals surface area contributed by atoms with Gasteiger partial charge in [-0.2, -0.15) is 0 Å². The molecule has 0 radical (unpaired) electrons. The van der Waals surface area contributed by atoms with Gasteiger partial charge in [-0.3, -0.25) is 10.1 Å². The van der Waals surface area contributed by atoms with Crippen LogP contribution in [0.2, 0.25) is 0 Å². The van der Waals surface area contributed by atoms with Gasteiger partial charge in [-0.15, -0.1) is 0 Å². The summed E-state index contributed by atoms with van der Waals surface area (Å²) in [5, 5.41) is 14.6. The molecule has 0 spiro atoms. The largest absolute Gasteiger partial charge is 0.494 e. The third-order valence-electron chi connectivity index (χ3n) is 4.00. The van der Waals surface area contributed by atoms with E-state index in [1.165, 1.54) is 18.9 Å². The molecule has 1 saturated carbocycles. The van der Waals surface area contributed by atoms with Crippen LogP contribution in [0.4, 0.5) is 11.4 Å². The van der Waals surface area contributed by atoms with Gasteiger partial charge in [0.25, 0.3) is 5.69 Å². The highest BCUT2D eigenvalue weighted by atomic mass is 16.6. The van der Waals surface area contributed by atoms with Crippen LogP contribution < -0.4 is 10.1 Å². The number of hydrogen-bond acceptors (Lipinski definition) is 4. The summed E-state index contributed by atoms with van der Waals surface area (Å²) in [5.41, 5.74) is 0.696. The fourth-order valence-corrected chi connectivity index (χ4v) is 2.96. The number of benzene rings is 1. The summed E-state index contributed by atoms with van der Waals surface area (Å²) in [5.74, 6) is 1.16. The summed E-state index contributed by atoms with van der Waals surface area (Å²) in [6, 6.07) is 5.39. The third kappa shape index (κ3) is 3.21. The molecule has 2 unspecified atom stereocenters. The SMILES string of the molecule is CCOc1ccc(NC2CCCC2CC)c([N+](=O)[O-])c1. The Morgan fingerprint density at radius 3 is 2.85 bits per heavy atom. The van der Waals surface area contributed by atoms with Crippen LogP contribution in [-0.2, 0) is 0 Å². The van der Waals surface area contributed by atoms with Crippen molar-refractivity contribution in [3.8, 4) is 5.75 Å². The second-order valence-corrected chi connectivity index (χ2v) is 5.22. The zero-order chi connectivity index (χ0) is 14.5. The minimum Gasteiger partial charge on any atom is -0.494 e. The van der Waals surface area contributed by atoms with Gasteiger partial charge in [0.15, 0.2) is 0 Å². The first-order valence-corrected chi connectivity index (χ1v) is 7.33. The van der Waals surface area contributed by atoms with E-state index in [2.05, 4.69) is 12.2 Å². The molecule has 0 aromatic heterocycles. The Kier molecular flexibility index (Phi) is 4.82. The van der Waals surface area contributed by atoms with Crippen molar-refractivity contribution in [1.82, 2.24) is 0 Å². The summed E-state index contributed by atoms with van der Waals surface area (Å²) in [4.78, 5) is 10.9. The van der Waals surface area contributed by atoms with Gasteiger partial charge in [0.2, 0.25) is 0 Å². The molecule has 0 aliphatic heterocycles. The monoisotopic (exact) mass is 278 g/mol. The van der Waals surface area contributed by atoms with Gasteiger partial charge in [-0.25, -0.2) is 0 Å². The van der Waals surface area contributed by atoms with Crippen LogP contribution in [-0.4, -0.2) is 17.6 Å². The molecule has 1 aliphatic rings. The number of nitrogens with zero attached hydrogens (tertiary/aromatic N) is 1. The van der Waals surface area contributed by atoms with Gasteiger partial charge in [0, 0.05) is 6.04 Å². The second kappa shape index (κ2) is 6.59. The lowest BCUT2D eigenvalue weighted by atomic mass is 10.0. The maximum Gasteiger partial charge on any atom is 0.296 e. The lowest BCUT2D eigenvalue weighted by Crippen LogP contribution is -2.23. The van der Waals surface area contributed by atoms with Gasteiger partial charge in [0.05, 0.1) is 17.6 Å². The maximum absolute atomic E-state index is 11.2. The lowest BCUT2D eigenvalue weighted by molar-refractivity contribution is -0.384.